The van der Waals surface area contributed by atoms with Crippen LogP contribution >= 0.6 is 0 Å². The van der Waals surface area contributed by atoms with Gasteiger partial charge in [-0.3, -0.25) is 9.59 Å². The van der Waals surface area contributed by atoms with E-state index in [1.807, 2.05) is 0 Å². The van der Waals surface area contributed by atoms with Crippen LogP contribution in [0.3, 0.4) is 0 Å². The second-order valence-electron chi connectivity index (χ2n) is 9.65. The van der Waals surface area contributed by atoms with Gasteiger partial charge in [-0.25, -0.2) is 0 Å². The first-order chi connectivity index (χ1) is 11.8. The molecule has 0 aromatic rings. The zero-order valence-corrected chi connectivity index (χ0v) is 16.2. The molecule has 2 nitrogen and oxygen atoms in total. The molecule has 6 atom stereocenters. The number of carbonyl (C=O) groups excluding carboxylic acids is 2. The quantitative estimate of drug-likeness (QED) is 0.609. The first-order valence-electron chi connectivity index (χ1n) is 10.2. The second kappa shape index (κ2) is 5.66. The van der Waals surface area contributed by atoms with Crippen LogP contribution in [-0.2, 0) is 9.59 Å². The Morgan fingerprint density at radius 1 is 1.12 bits per heavy atom. The lowest BCUT2D eigenvalue weighted by atomic mass is 9.46. The van der Waals surface area contributed by atoms with Crippen molar-refractivity contribution in [1.29, 1.82) is 0 Å². The third-order valence-electron chi connectivity index (χ3n) is 8.79. The normalized spacial score (nSPS) is 47.0. The van der Waals surface area contributed by atoms with E-state index in [9.17, 15) is 9.59 Å². The van der Waals surface area contributed by atoms with Gasteiger partial charge in [0.25, 0.3) is 0 Å². The molecule has 5 unspecified atom stereocenters. The van der Waals surface area contributed by atoms with Gasteiger partial charge in [0.15, 0.2) is 11.6 Å². The Kier molecular flexibility index (Phi) is 3.90. The molecular weight excluding hydrogens is 308 g/mol. The molecule has 2 heteroatoms. The monoisotopic (exact) mass is 340 g/mol. The van der Waals surface area contributed by atoms with Gasteiger partial charge in [0, 0.05) is 18.4 Å². The van der Waals surface area contributed by atoms with E-state index < -0.39 is 0 Å². The highest BCUT2D eigenvalue weighted by Crippen LogP contribution is 2.66. The van der Waals surface area contributed by atoms with Crippen molar-refractivity contribution >= 4 is 11.6 Å². The Morgan fingerprint density at radius 2 is 1.88 bits per heavy atom. The van der Waals surface area contributed by atoms with E-state index in [0.29, 0.717) is 41.9 Å². The maximum Gasteiger partial charge on any atom is 0.159 e. The summed E-state index contributed by atoms with van der Waals surface area (Å²) in [6.45, 7) is 9.25. The van der Waals surface area contributed by atoms with Crippen molar-refractivity contribution < 1.29 is 9.59 Å². The van der Waals surface area contributed by atoms with Gasteiger partial charge in [-0.1, -0.05) is 25.5 Å². The summed E-state index contributed by atoms with van der Waals surface area (Å²) < 4.78 is 0. The Balaban J connectivity index is 1.71. The van der Waals surface area contributed by atoms with Crippen LogP contribution in [0.4, 0.5) is 0 Å². The summed E-state index contributed by atoms with van der Waals surface area (Å²) >= 11 is 0. The van der Waals surface area contributed by atoms with Crippen molar-refractivity contribution in [2.45, 2.75) is 72.6 Å². The summed E-state index contributed by atoms with van der Waals surface area (Å²) in [5, 5.41) is 0. The van der Waals surface area contributed by atoms with Crippen LogP contribution in [-0.4, -0.2) is 11.6 Å². The van der Waals surface area contributed by atoms with E-state index in [0.717, 1.165) is 12.0 Å². The number of Topliss-reactive ketones (excluding diaryl/α,β-unsaturated/α-hetero) is 1. The number of allylic oxidation sites excluding steroid dienone is 3. The van der Waals surface area contributed by atoms with Crippen molar-refractivity contribution in [3.63, 3.8) is 0 Å². The zero-order chi connectivity index (χ0) is 18.0. The lowest BCUT2D eigenvalue weighted by Gasteiger charge is -2.57. The highest BCUT2D eigenvalue weighted by molar-refractivity contribution is 6.05. The van der Waals surface area contributed by atoms with Crippen LogP contribution in [0.2, 0.25) is 0 Å². The van der Waals surface area contributed by atoms with Crippen LogP contribution in [0.15, 0.2) is 23.3 Å². The van der Waals surface area contributed by atoms with Gasteiger partial charge in [-0.05, 0) is 86.5 Å². The first kappa shape index (κ1) is 17.2. The molecule has 0 aliphatic heterocycles. The molecule has 0 spiro atoms. The van der Waals surface area contributed by atoms with Gasteiger partial charge < -0.3 is 0 Å². The number of hydrogen-bond acceptors (Lipinski definition) is 2. The summed E-state index contributed by atoms with van der Waals surface area (Å²) in [4.78, 5) is 24.9. The molecule has 3 fully saturated rings. The van der Waals surface area contributed by atoms with Gasteiger partial charge in [-0.15, -0.1) is 0 Å². The summed E-state index contributed by atoms with van der Waals surface area (Å²) in [5.74, 6) is 2.91. The van der Waals surface area contributed by atoms with Crippen LogP contribution in [0.5, 0.6) is 0 Å². The topological polar surface area (TPSA) is 34.1 Å². The Labute approximate surface area is 152 Å². The fraction of sp³-hybridized carbons (Fsp3) is 0.739. The number of ketones is 2. The molecule has 0 bridgehead atoms. The third-order valence-corrected chi connectivity index (χ3v) is 8.79. The maximum atomic E-state index is 13.0. The molecule has 136 valence electrons. The highest BCUT2D eigenvalue weighted by atomic mass is 16.1. The predicted molar refractivity (Wildman–Crippen MR) is 100 cm³/mol. The molecule has 0 aromatic heterocycles. The van der Waals surface area contributed by atoms with Crippen LogP contribution in [0.25, 0.3) is 0 Å². The number of fused-ring (bicyclic) bond motifs is 5. The fourth-order valence-corrected chi connectivity index (χ4v) is 7.34. The SMILES string of the molecule is CC=C(C)[C@H]1CCC2C3CC(=O)C4=CC(=O)CCC4(C)C3CCC21C. The van der Waals surface area contributed by atoms with Crippen LogP contribution < -0.4 is 0 Å². The molecule has 0 radical (unpaired) electrons. The summed E-state index contributed by atoms with van der Waals surface area (Å²) in [6.07, 6.45) is 11.2. The minimum Gasteiger partial charge on any atom is -0.295 e. The summed E-state index contributed by atoms with van der Waals surface area (Å²) in [5.41, 5.74) is 2.72. The molecule has 0 amide bonds. The van der Waals surface area contributed by atoms with E-state index in [-0.39, 0.29) is 17.0 Å². The second-order valence-corrected chi connectivity index (χ2v) is 9.65. The third kappa shape index (κ3) is 2.28. The average Bonchev–Trinajstić information content (AvgIpc) is 2.93. The zero-order valence-electron chi connectivity index (χ0n) is 16.2. The van der Waals surface area contributed by atoms with E-state index in [1.54, 1.807) is 11.6 Å². The largest absolute Gasteiger partial charge is 0.295 e. The summed E-state index contributed by atoms with van der Waals surface area (Å²) in [6, 6.07) is 0. The van der Waals surface area contributed by atoms with Gasteiger partial charge in [0.1, 0.15) is 0 Å². The fourth-order valence-electron chi connectivity index (χ4n) is 7.34. The predicted octanol–water partition coefficient (Wildman–Crippen LogP) is 5.28. The van der Waals surface area contributed by atoms with Crippen LogP contribution in [0.1, 0.15) is 72.6 Å². The van der Waals surface area contributed by atoms with Crippen molar-refractivity contribution in [2.75, 3.05) is 0 Å². The molecule has 0 saturated heterocycles. The van der Waals surface area contributed by atoms with Crippen molar-refractivity contribution in [3.05, 3.63) is 23.3 Å². The molecule has 4 aliphatic rings. The molecule has 4 aliphatic carbocycles. The molecule has 25 heavy (non-hydrogen) atoms. The minimum absolute atomic E-state index is 0.0526. The summed E-state index contributed by atoms with van der Waals surface area (Å²) in [7, 11) is 0. The molecule has 0 N–H and O–H groups in total. The van der Waals surface area contributed by atoms with Crippen molar-refractivity contribution in [1.82, 2.24) is 0 Å². The van der Waals surface area contributed by atoms with E-state index >= 15 is 0 Å². The molecule has 0 heterocycles. The van der Waals surface area contributed by atoms with Gasteiger partial charge in [-0.2, -0.15) is 0 Å². The molecular formula is C23H32O2. The van der Waals surface area contributed by atoms with E-state index in [4.69, 9.17) is 0 Å². The number of hydrogen-bond donors (Lipinski definition) is 0. The Morgan fingerprint density at radius 3 is 2.60 bits per heavy atom. The van der Waals surface area contributed by atoms with Gasteiger partial charge >= 0.3 is 0 Å². The Bertz CT molecular complexity index is 684. The van der Waals surface area contributed by atoms with Crippen LogP contribution in [0, 0.1) is 34.5 Å². The first-order valence-corrected chi connectivity index (χ1v) is 10.2. The lowest BCUT2D eigenvalue weighted by molar-refractivity contribution is -0.131. The Hall–Kier alpha value is -1.18. The van der Waals surface area contributed by atoms with Gasteiger partial charge in [0.05, 0.1) is 0 Å². The van der Waals surface area contributed by atoms with Crippen molar-refractivity contribution in [3.8, 4) is 0 Å². The average molecular weight is 341 g/mol. The molecule has 4 rings (SSSR count). The molecule has 0 aromatic carbocycles. The standard InChI is InChI=1S/C23H32O2/c1-5-14(2)17-6-7-18-16-13-21(25)20-12-15(24)8-10-23(20,4)19(16)9-11-22(17,18)3/h5,12,16-19H,6-11,13H2,1-4H3/t16?,17-,18?,19?,22?,23?/m1/s1. The minimum atomic E-state index is -0.0526. The van der Waals surface area contributed by atoms with Gasteiger partial charge in [0.2, 0.25) is 0 Å². The molecule has 3 saturated carbocycles. The highest BCUT2D eigenvalue weighted by Gasteiger charge is 2.60. The number of carbonyl (C=O) groups is 2. The number of rotatable bonds is 1. The lowest BCUT2D eigenvalue weighted by Crippen LogP contribution is -2.52. The van der Waals surface area contributed by atoms with Crippen molar-refractivity contribution in [2.24, 2.45) is 34.5 Å². The van der Waals surface area contributed by atoms with E-state index in [1.165, 1.54) is 25.7 Å². The maximum absolute atomic E-state index is 13.0. The smallest absolute Gasteiger partial charge is 0.159 e. The van der Waals surface area contributed by atoms with E-state index in [2.05, 4.69) is 33.8 Å².